The van der Waals surface area contributed by atoms with Crippen molar-refractivity contribution in [2.75, 3.05) is 0 Å². The minimum Gasteiger partial charge on any atom is -0.478 e. The normalized spacial score (nSPS) is 10.4. The quantitative estimate of drug-likeness (QED) is 0.900. The monoisotopic (exact) mass is 247 g/mol. The fourth-order valence-electron chi connectivity index (χ4n) is 1.55. The van der Waals surface area contributed by atoms with E-state index < -0.39 is 5.97 Å². The van der Waals surface area contributed by atoms with E-state index in [9.17, 15) is 4.79 Å². The first kappa shape index (κ1) is 11.8. The molecule has 0 aliphatic carbocycles. The molecule has 0 spiro atoms. The summed E-state index contributed by atoms with van der Waals surface area (Å²) in [4.78, 5) is 12.0. The summed E-state index contributed by atoms with van der Waals surface area (Å²) in [6, 6.07) is 11.6. The predicted molar refractivity (Wildman–Crippen MR) is 67.6 cm³/mol. The number of rotatable bonds is 4. The molecule has 0 fully saturated rings. The summed E-state index contributed by atoms with van der Waals surface area (Å²) >= 11 is 1.58. The van der Waals surface area contributed by atoms with Crippen molar-refractivity contribution in [2.24, 2.45) is 0 Å². The van der Waals surface area contributed by atoms with Crippen LogP contribution in [0, 0.1) is 0 Å². The maximum Gasteiger partial charge on any atom is 0.337 e. The zero-order valence-corrected chi connectivity index (χ0v) is 10.3. The molecule has 0 radical (unpaired) electrons. The van der Waals surface area contributed by atoms with E-state index in [-0.39, 0.29) is 0 Å². The van der Waals surface area contributed by atoms with Crippen molar-refractivity contribution >= 4 is 17.7 Å². The van der Waals surface area contributed by atoms with E-state index >= 15 is 0 Å². The molecule has 1 heterocycles. The largest absolute Gasteiger partial charge is 0.478 e. The Morgan fingerprint density at radius 2 is 2.06 bits per heavy atom. The number of aromatic nitrogens is 1. The van der Waals surface area contributed by atoms with Crippen LogP contribution in [0.1, 0.15) is 17.3 Å². The number of nitrogens with zero attached hydrogens (tertiary/aromatic N) is 1. The Morgan fingerprint density at radius 3 is 2.65 bits per heavy atom. The Kier molecular flexibility index (Phi) is 3.54. The molecule has 0 unspecified atom stereocenters. The van der Waals surface area contributed by atoms with E-state index in [1.807, 2.05) is 41.8 Å². The molecule has 1 N–H and O–H groups in total. The second-order valence-electron chi connectivity index (χ2n) is 3.57. The molecule has 0 saturated carbocycles. The summed E-state index contributed by atoms with van der Waals surface area (Å²) in [5.74, 6) is -0.882. The molecule has 0 saturated heterocycles. The second kappa shape index (κ2) is 5.10. The van der Waals surface area contributed by atoms with E-state index in [1.54, 1.807) is 24.0 Å². The van der Waals surface area contributed by atoms with Crippen LogP contribution in [0.5, 0.6) is 0 Å². The van der Waals surface area contributed by atoms with E-state index in [4.69, 9.17) is 5.11 Å². The summed E-state index contributed by atoms with van der Waals surface area (Å²) in [5.41, 5.74) is 0.338. The first-order valence-corrected chi connectivity index (χ1v) is 6.18. The minimum absolute atomic E-state index is 0.338. The molecule has 1 aromatic carbocycles. The van der Waals surface area contributed by atoms with Crippen molar-refractivity contribution < 1.29 is 9.90 Å². The first-order chi connectivity index (χ1) is 8.20. The molecule has 0 atom stereocenters. The van der Waals surface area contributed by atoms with Gasteiger partial charge in [0.1, 0.15) is 0 Å². The van der Waals surface area contributed by atoms with Gasteiger partial charge in [0.2, 0.25) is 0 Å². The Balaban J connectivity index is 2.29. The zero-order valence-electron chi connectivity index (χ0n) is 9.46. The van der Waals surface area contributed by atoms with Crippen molar-refractivity contribution in [1.29, 1.82) is 0 Å². The third-order valence-corrected chi connectivity index (χ3v) is 3.48. The van der Waals surface area contributed by atoms with Gasteiger partial charge in [-0.25, -0.2) is 4.79 Å². The second-order valence-corrected chi connectivity index (χ2v) is 4.67. The highest BCUT2D eigenvalue weighted by Gasteiger charge is 2.10. The number of hydrogen-bond acceptors (Lipinski definition) is 2. The molecule has 1 aromatic heterocycles. The van der Waals surface area contributed by atoms with Gasteiger partial charge in [-0.2, -0.15) is 0 Å². The lowest BCUT2D eigenvalue weighted by Gasteiger charge is -2.04. The molecule has 17 heavy (non-hydrogen) atoms. The van der Waals surface area contributed by atoms with Crippen molar-refractivity contribution in [3.8, 4) is 0 Å². The molecule has 3 nitrogen and oxygen atoms in total. The van der Waals surface area contributed by atoms with Crippen LogP contribution >= 0.6 is 11.8 Å². The summed E-state index contributed by atoms with van der Waals surface area (Å²) in [7, 11) is 0. The Bertz CT molecular complexity index is 519. The maximum atomic E-state index is 10.9. The van der Waals surface area contributed by atoms with Crippen LogP contribution in [-0.4, -0.2) is 15.6 Å². The SMILES string of the molecule is CCn1cc(C(=O)O)cc1Sc1ccccc1. The molecular formula is C13H13NO2S. The predicted octanol–water partition coefficient (Wildman–Crippen LogP) is 3.36. The lowest BCUT2D eigenvalue weighted by atomic mass is 10.3. The fraction of sp³-hybridized carbons (Fsp3) is 0.154. The van der Waals surface area contributed by atoms with Gasteiger partial charge in [-0.15, -0.1) is 0 Å². The number of carbonyl (C=O) groups is 1. The highest BCUT2D eigenvalue weighted by molar-refractivity contribution is 7.99. The van der Waals surface area contributed by atoms with Crippen LogP contribution < -0.4 is 0 Å². The van der Waals surface area contributed by atoms with Gasteiger partial charge >= 0.3 is 5.97 Å². The van der Waals surface area contributed by atoms with Crippen LogP contribution in [0.2, 0.25) is 0 Å². The molecule has 88 valence electrons. The van der Waals surface area contributed by atoms with E-state index in [0.29, 0.717) is 5.56 Å². The van der Waals surface area contributed by atoms with Gasteiger partial charge in [-0.05, 0) is 25.1 Å². The highest BCUT2D eigenvalue weighted by Crippen LogP contribution is 2.29. The Hall–Kier alpha value is -1.68. The van der Waals surface area contributed by atoms with Gasteiger partial charge in [0.15, 0.2) is 0 Å². The molecule has 0 aliphatic heterocycles. The van der Waals surface area contributed by atoms with Gasteiger partial charge in [0.05, 0.1) is 10.6 Å². The third-order valence-electron chi connectivity index (χ3n) is 2.41. The van der Waals surface area contributed by atoms with Gasteiger partial charge in [0, 0.05) is 17.6 Å². The van der Waals surface area contributed by atoms with Gasteiger partial charge < -0.3 is 9.67 Å². The van der Waals surface area contributed by atoms with Crippen LogP contribution in [-0.2, 0) is 6.54 Å². The van der Waals surface area contributed by atoms with Crippen molar-refractivity contribution in [2.45, 2.75) is 23.4 Å². The molecule has 2 aromatic rings. The number of benzene rings is 1. The molecule has 4 heteroatoms. The molecule has 0 bridgehead atoms. The number of hydrogen-bond donors (Lipinski definition) is 1. The van der Waals surface area contributed by atoms with Crippen molar-refractivity contribution in [3.05, 3.63) is 48.2 Å². The fourth-order valence-corrected chi connectivity index (χ4v) is 2.57. The summed E-state index contributed by atoms with van der Waals surface area (Å²) in [5, 5.41) is 9.92. The Labute approximate surface area is 104 Å². The van der Waals surface area contributed by atoms with Crippen molar-refractivity contribution in [3.63, 3.8) is 0 Å². The summed E-state index contributed by atoms with van der Waals surface area (Å²) in [6.07, 6.45) is 1.67. The minimum atomic E-state index is -0.882. The summed E-state index contributed by atoms with van der Waals surface area (Å²) in [6.45, 7) is 2.77. The van der Waals surface area contributed by atoms with E-state index in [2.05, 4.69) is 0 Å². The molecule has 0 aliphatic rings. The smallest absolute Gasteiger partial charge is 0.337 e. The van der Waals surface area contributed by atoms with Crippen LogP contribution in [0.25, 0.3) is 0 Å². The third kappa shape index (κ3) is 2.71. The highest BCUT2D eigenvalue weighted by atomic mass is 32.2. The summed E-state index contributed by atoms with van der Waals surface area (Å²) < 4.78 is 1.95. The maximum absolute atomic E-state index is 10.9. The lowest BCUT2D eigenvalue weighted by molar-refractivity contribution is 0.0697. The Morgan fingerprint density at radius 1 is 1.35 bits per heavy atom. The van der Waals surface area contributed by atoms with Crippen LogP contribution in [0.15, 0.2) is 52.5 Å². The topological polar surface area (TPSA) is 42.2 Å². The van der Waals surface area contributed by atoms with Gasteiger partial charge in [0.25, 0.3) is 0 Å². The van der Waals surface area contributed by atoms with E-state index in [1.165, 1.54) is 0 Å². The van der Waals surface area contributed by atoms with Crippen LogP contribution in [0.3, 0.4) is 0 Å². The molecular weight excluding hydrogens is 234 g/mol. The molecule has 2 rings (SSSR count). The first-order valence-electron chi connectivity index (χ1n) is 5.37. The average molecular weight is 247 g/mol. The standard InChI is InChI=1S/C13H13NO2S/c1-2-14-9-10(13(15)16)8-12(14)17-11-6-4-3-5-7-11/h3-9H,2H2,1H3,(H,15,16). The lowest BCUT2D eigenvalue weighted by Crippen LogP contribution is -1.95. The number of carboxylic acids is 1. The van der Waals surface area contributed by atoms with Crippen LogP contribution in [0.4, 0.5) is 0 Å². The number of aryl methyl sites for hydroxylation is 1. The zero-order chi connectivity index (χ0) is 12.3. The van der Waals surface area contributed by atoms with Gasteiger partial charge in [-0.1, -0.05) is 30.0 Å². The molecule has 0 amide bonds. The average Bonchev–Trinajstić information content (AvgIpc) is 2.74. The van der Waals surface area contributed by atoms with E-state index in [0.717, 1.165) is 16.5 Å². The van der Waals surface area contributed by atoms with Gasteiger partial charge in [-0.3, -0.25) is 0 Å². The van der Waals surface area contributed by atoms with Crippen molar-refractivity contribution in [1.82, 2.24) is 4.57 Å². The number of carboxylic acid groups (broad SMARTS) is 1. The number of aromatic carboxylic acids is 1.